The number of esters is 1. The first-order valence-corrected chi connectivity index (χ1v) is 7.43. The molecule has 0 unspecified atom stereocenters. The van der Waals surface area contributed by atoms with Gasteiger partial charge >= 0.3 is 11.6 Å². The molecular formula is C18H15NO5. The maximum atomic E-state index is 12.2. The average molecular weight is 325 g/mol. The van der Waals surface area contributed by atoms with Gasteiger partial charge in [0.1, 0.15) is 11.5 Å². The van der Waals surface area contributed by atoms with Crippen LogP contribution in [-0.2, 0) is 4.79 Å². The zero-order chi connectivity index (χ0) is 17.1. The highest BCUT2D eigenvalue weighted by molar-refractivity contribution is 5.81. The van der Waals surface area contributed by atoms with Crippen LogP contribution in [0.25, 0.3) is 22.4 Å². The molecule has 0 saturated carbocycles. The van der Waals surface area contributed by atoms with Crippen molar-refractivity contribution in [3.8, 4) is 23.0 Å². The van der Waals surface area contributed by atoms with Gasteiger partial charge in [0.2, 0.25) is 5.89 Å². The Kier molecular flexibility index (Phi) is 4.29. The summed E-state index contributed by atoms with van der Waals surface area (Å²) in [7, 11) is 0. The number of benzene rings is 2. The lowest BCUT2D eigenvalue weighted by atomic mass is 10.2. The fraction of sp³-hybridized carbons (Fsp3) is 0.167. The summed E-state index contributed by atoms with van der Waals surface area (Å²) in [6.45, 7) is 3.72. The first kappa shape index (κ1) is 15.7. The van der Waals surface area contributed by atoms with E-state index in [2.05, 4.69) is 4.98 Å². The number of carbonyl (C=O) groups is 1. The van der Waals surface area contributed by atoms with Crippen molar-refractivity contribution in [1.29, 1.82) is 0 Å². The predicted molar refractivity (Wildman–Crippen MR) is 88.2 cm³/mol. The number of ether oxygens (including phenoxy) is 2. The molecule has 0 N–H and O–H groups in total. The van der Waals surface area contributed by atoms with Gasteiger partial charge in [-0.15, -0.1) is 0 Å². The zero-order valence-corrected chi connectivity index (χ0v) is 13.2. The van der Waals surface area contributed by atoms with E-state index >= 15 is 0 Å². The predicted octanol–water partition coefficient (Wildman–Crippen LogP) is 3.18. The second-order valence-electron chi connectivity index (χ2n) is 5.04. The Morgan fingerprint density at radius 2 is 2.00 bits per heavy atom. The molecule has 3 rings (SSSR count). The van der Waals surface area contributed by atoms with Crippen LogP contribution in [0.3, 0.4) is 0 Å². The van der Waals surface area contributed by atoms with E-state index in [-0.39, 0.29) is 17.0 Å². The summed E-state index contributed by atoms with van der Waals surface area (Å²) in [5.41, 5.74) is 0.550. The van der Waals surface area contributed by atoms with Gasteiger partial charge in [-0.1, -0.05) is 6.07 Å². The van der Waals surface area contributed by atoms with Crippen molar-refractivity contribution in [2.75, 3.05) is 6.61 Å². The van der Waals surface area contributed by atoms with Crippen LogP contribution in [0.5, 0.6) is 11.5 Å². The van der Waals surface area contributed by atoms with Crippen molar-refractivity contribution in [2.45, 2.75) is 13.8 Å². The summed E-state index contributed by atoms with van der Waals surface area (Å²) in [6.07, 6.45) is 0. The normalized spacial score (nSPS) is 10.6. The minimum Gasteiger partial charge on any atom is -0.494 e. The molecule has 0 amide bonds. The highest BCUT2D eigenvalue weighted by Crippen LogP contribution is 2.24. The molecule has 0 saturated heterocycles. The molecule has 0 aliphatic carbocycles. The summed E-state index contributed by atoms with van der Waals surface area (Å²) in [6, 6.07) is 11.8. The number of aromatic nitrogens is 1. The van der Waals surface area contributed by atoms with E-state index in [1.165, 1.54) is 13.0 Å². The lowest BCUT2D eigenvalue weighted by molar-refractivity contribution is -0.131. The van der Waals surface area contributed by atoms with Crippen LogP contribution >= 0.6 is 0 Å². The van der Waals surface area contributed by atoms with E-state index in [1.54, 1.807) is 30.3 Å². The van der Waals surface area contributed by atoms with E-state index < -0.39 is 11.6 Å². The highest BCUT2D eigenvalue weighted by atomic mass is 16.5. The van der Waals surface area contributed by atoms with Crippen molar-refractivity contribution < 1.29 is 18.7 Å². The van der Waals surface area contributed by atoms with Crippen molar-refractivity contribution in [2.24, 2.45) is 0 Å². The molecule has 2 aromatic carbocycles. The lowest BCUT2D eigenvalue weighted by Gasteiger charge is -2.06. The molecule has 6 heteroatoms. The minimum absolute atomic E-state index is 0.203. The maximum Gasteiger partial charge on any atom is 0.347 e. The van der Waals surface area contributed by atoms with Crippen LogP contribution in [0, 0.1) is 0 Å². The van der Waals surface area contributed by atoms with Crippen molar-refractivity contribution in [3.63, 3.8) is 0 Å². The number of hydrogen-bond acceptors (Lipinski definition) is 6. The molecule has 0 aliphatic heterocycles. The summed E-state index contributed by atoms with van der Waals surface area (Å²) in [4.78, 5) is 27.6. The minimum atomic E-state index is -0.550. The van der Waals surface area contributed by atoms with Crippen molar-refractivity contribution in [1.82, 2.24) is 4.98 Å². The lowest BCUT2D eigenvalue weighted by Crippen LogP contribution is -2.05. The van der Waals surface area contributed by atoms with Crippen LogP contribution in [0.1, 0.15) is 13.8 Å². The topological polar surface area (TPSA) is 78.6 Å². The third kappa shape index (κ3) is 3.27. The number of hydrogen-bond donors (Lipinski definition) is 0. The molecule has 1 heterocycles. The highest BCUT2D eigenvalue weighted by Gasteiger charge is 2.11. The smallest absolute Gasteiger partial charge is 0.347 e. The van der Waals surface area contributed by atoms with Crippen molar-refractivity contribution in [3.05, 3.63) is 52.9 Å². The maximum absolute atomic E-state index is 12.2. The third-order valence-electron chi connectivity index (χ3n) is 3.25. The van der Waals surface area contributed by atoms with Gasteiger partial charge in [-0.05, 0) is 43.3 Å². The Hall–Kier alpha value is -3.15. The molecule has 122 valence electrons. The molecular weight excluding hydrogens is 310 g/mol. The molecule has 3 aromatic rings. The number of nitrogens with zero attached hydrogens (tertiary/aromatic N) is 1. The summed E-state index contributed by atoms with van der Waals surface area (Å²) < 4.78 is 15.7. The van der Waals surface area contributed by atoms with E-state index in [0.717, 1.165) is 0 Å². The first-order chi connectivity index (χ1) is 11.6. The molecule has 0 spiro atoms. The molecule has 0 aliphatic rings. The Labute approximate surface area is 137 Å². The molecule has 6 nitrogen and oxygen atoms in total. The number of rotatable bonds is 4. The van der Waals surface area contributed by atoms with Crippen LogP contribution in [-0.4, -0.2) is 17.6 Å². The number of fused-ring (bicyclic) bond motifs is 1. The van der Waals surface area contributed by atoms with Gasteiger partial charge in [0.15, 0.2) is 0 Å². The standard InChI is InChI=1S/C18H15NO5/c1-3-22-13-6-4-5-12(9-13)17-19-16-8-7-14(23-11(2)20)10-15(16)18(21)24-17/h4-10H,3H2,1-2H3. The third-order valence-corrected chi connectivity index (χ3v) is 3.25. The number of carbonyl (C=O) groups excluding carboxylic acids is 1. The van der Waals surface area contributed by atoms with E-state index in [9.17, 15) is 9.59 Å². The second-order valence-corrected chi connectivity index (χ2v) is 5.04. The molecule has 1 aromatic heterocycles. The van der Waals surface area contributed by atoms with Crippen molar-refractivity contribution >= 4 is 16.9 Å². The Morgan fingerprint density at radius 3 is 2.75 bits per heavy atom. The molecule has 0 fully saturated rings. The van der Waals surface area contributed by atoms with Crippen LogP contribution in [0.4, 0.5) is 0 Å². The fourth-order valence-electron chi connectivity index (χ4n) is 2.29. The quantitative estimate of drug-likeness (QED) is 0.541. The van der Waals surface area contributed by atoms with Gasteiger partial charge in [0, 0.05) is 12.5 Å². The van der Waals surface area contributed by atoms with Gasteiger partial charge in [0.25, 0.3) is 0 Å². The van der Waals surface area contributed by atoms with Gasteiger partial charge < -0.3 is 13.9 Å². The van der Waals surface area contributed by atoms with E-state index in [4.69, 9.17) is 13.9 Å². The van der Waals surface area contributed by atoms with Gasteiger partial charge in [-0.2, -0.15) is 0 Å². The summed E-state index contributed by atoms with van der Waals surface area (Å²) in [5, 5.41) is 0.249. The Morgan fingerprint density at radius 1 is 1.17 bits per heavy atom. The summed E-state index contributed by atoms with van der Waals surface area (Å²) >= 11 is 0. The van der Waals surface area contributed by atoms with Crippen LogP contribution in [0.15, 0.2) is 51.7 Å². The van der Waals surface area contributed by atoms with E-state index in [1.807, 2.05) is 13.0 Å². The molecule has 0 bridgehead atoms. The van der Waals surface area contributed by atoms with Crippen LogP contribution < -0.4 is 15.1 Å². The SMILES string of the molecule is CCOc1cccc(-c2nc3ccc(OC(C)=O)cc3c(=O)o2)c1. The molecule has 24 heavy (non-hydrogen) atoms. The Bertz CT molecular complexity index is 961. The van der Waals surface area contributed by atoms with Gasteiger partial charge in [-0.3, -0.25) is 4.79 Å². The second kappa shape index (κ2) is 6.54. The first-order valence-electron chi connectivity index (χ1n) is 7.43. The molecule has 0 radical (unpaired) electrons. The average Bonchev–Trinajstić information content (AvgIpc) is 2.55. The largest absolute Gasteiger partial charge is 0.494 e. The fourth-order valence-corrected chi connectivity index (χ4v) is 2.29. The van der Waals surface area contributed by atoms with Gasteiger partial charge in [0.05, 0.1) is 17.5 Å². The van der Waals surface area contributed by atoms with Crippen LogP contribution in [0.2, 0.25) is 0 Å². The Balaban J connectivity index is 2.06. The van der Waals surface area contributed by atoms with E-state index in [0.29, 0.717) is 23.4 Å². The monoisotopic (exact) mass is 325 g/mol. The van der Waals surface area contributed by atoms with Gasteiger partial charge in [-0.25, -0.2) is 9.78 Å². The zero-order valence-electron chi connectivity index (χ0n) is 13.2. The molecule has 0 atom stereocenters. The summed E-state index contributed by atoms with van der Waals surface area (Å²) in [5.74, 6) is 0.685.